The topological polar surface area (TPSA) is 43.6 Å². The zero-order chi connectivity index (χ0) is 12.1. The zero-order valence-corrected chi connectivity index (χ0v) is 10.8. The monoisotopic (exact) mass is 266 g/mol. The summed E-state index contributed by atoms with van der Waals surface area (Å²) in [5.74, 6) is 0.746. The molecule has 0 bridgehead atoms. The van der Waals surface area contributed by atoms with E-state index in [0.29, 0.717) is 0 Å². The van der Waals surface area contributed by atoms with Crippen LogP contribution in [0.2, 0.25) is 0 Å². The van der Waals surface area contributed by atoms with Crippen LogP contribution in [-0.4, -0.2) is 26.0 Å². The van der Waals surface area contributed by atoms with Crippen molar-refractivity contribution in [2.24, 2.45) is 0 Å². The van der Waals surface area contributed by atoms with Gasteiger partial charge in [-0.25, -0.2) is 0 Å². The Hall–Kier alpha value is -1.33. The van der Waals surface area contributed by atoms with E-state index in [0.717, 1.165) is 16.6 Å². The van der Waals surface area contributed by atoms with E-state index < -0.39 is 0 Å². The third-order valence-corrected chi connectivity index (χ3v) is 3.13. The quantitative estimate of drug-likeness (QED) is 0.798. The van der Waals surface area contributed by atoms with Crippen molar-refractivity contribution < 1.29 is 0 Å². The molecule has 0 atom stereocenters. The number of tetrazole rings is 1. The van der Waals surface area contributed by atoms with Crippen LogP contribution in [0.5, 0.6) is 0 Å². The van der Waals surface area contributed by atoms with Crippen LogP contribution in [0.25, 0.3) is 5.69 Å². The highest BCUT2D eigenvalue weighted by molar-refractivity contribution is 7.99. The predicted octanol–water partition coefficient (Wildman–Crippen LogP) is 2.82. The third-order valence-electron chi connectivity index (χ3n) is 2.08. The minimum Gasteiger partial charge on any atom is -0.187 e. The smallest absolute Gasteiger partial charge is 0.187 e. The second-order valence-corrected chi connectivity index (χ2v) is 4.62. The molecule has 6 heteroatoms. The fraction of sp³-hybridized carbons (Fsp3) is 0.182. The lowest BCUT2D eigenvalue weighted by atomic mass is 10.2. The summed E-state index contributed by atoms with van der Waals surface area (Å²) in [4.78, 5) is 0. The molecule has 88 valence electrons. The molecule has 0 N–H and O–H groups in total. The van der Waals surface area contributed by atoms with Crippen molar-refractivity contribution in [3.8, 4) is 5.69 Å². The van der Waals surface area contributed by atoms with Crippen LogP contribution >= 0.6 is 23.4 Å². The van der Waals surface area contributed by atoms with Gasteiger partial charge < -0.3 is 0 Å². The van der Waals surface area contributed by atoms with Gasteiger partial charge in [0.25, 0.3) is 0 Å². The van der Waals surface area contributed by atoms with Gasteiger partial charge in [0.15, 0.2) is 0 Å². The summed E-state index contributed by atoms with van der Waals surface area (Å²) in [5, 5.41) is 12.4. The van der Waals surface area contributed by atoms with E-state index in [-0.39, 0.29) is 0 Å². The highest BCUT2D eigenvalue weighted by Crippen LogP contribution is 2.18. The van der Waals surface area contributed by atoms with Gasteiger partial charge in [-0.1, -0.05) is 41.6 Å². The Morgan fingerprint density at radius 1 is 1.47 bits per heavy atom. The number of aromatic nitrogens is 4. The Bertz CT molecular complexity index is 524. The van der Waals surface area contributed by atoms with Crippen molar-refractivity contribution in [3.63, 3.8) is 0 Å². The largest absolute Gasteiger partial charge is 0.214 e. The second kappa shape index (κ2) is 5.84. The third kappa shape index (κ3) is 3.08. The standard InChI is InChI=1S/C11H11ClN4S/c1-9-4-2-5-10(8-9)16-11(13-14-15-16)17-7-3-6-12/h2-6,8H,7H2,1H3. The molecule has 0 amide bonds. The van der Waals surface area contributed by atoms with Crippen molar-refractivity contribution in [1.29, 1.82) is 0 Å². The van der Waals surface area contributed by atoms with Crippen molar-refractivity contribution in [2.75, 3.05) is 5.75 Å². The molecule has 0 aliphatic heterocycles. The molecule has 1 heterocycles. The lowest BCUT2D eigenvalue weighted by molar-refractivity contribution is 0.756. The summed E-state index contributed by atoms with van der Waals surface area (Å²) in [6.07, 6.45) is 1.85. The molecule has 0 aliphatic carbocycles. The van der Waals surface area contributed by atoms with Gasteiger partial charge in [-0.3, -0.25) is 0 Å². The Morgan fingerprint density at radius 2 is 2.35 bits per heavy atom. The Balaban J connectivity index is 2.24. The number of thioether (sulfide) groups is 1. The molecular formula is C11H11ClN4S. The average molecular weight is 267 g/mol. The minimum absolute atomic E-state index is 0.746. The van der Waals surface area contributed by atoms with E-state index in [1.807, 2.05) is 37.3 Å². The van der Waals surface area contributed by atoms with E-state index >= 15 is 0 Å². The summed E-state index contributed by atoms with van der Waals surface area (Å²) in [5.41, 5.74) is 3.63. The van der Waals surface area contributed by atoms with Gasteiger partial charge in [0.1, 0.15) is 0 Å². The maximum Gasteiger partial charge on any atom is 0.214 e. The molecule has 17 heavy (non-hydrogen) atoms. The van der Waals surface area contributed by atoms with Crippen molar-refractivity contribution in [3.05, 3.63) is 41.4 Å². The van der Waals surface area contributed by atoms with Crippen LogP contribution in [0.1, 0.15) is 5.56 Å². The minimum atomic E-state index is 0.746. The SMILES string of the molecule is Cc1cccc(-n2nnnc2SCC=CCl)c1. The van der Waals surface area contributed by atoms with E-state index in [4.69, 9.17) is 11.6 Å². The molecule has 2 aromatic rings. The molecule has 0 aliphatic rings. The molecule has 0 spiro atoms. The van der Waals surface area contributed by atoms with E-state index in [1.165, 1.54) is 22.9 Å². The highest BCUT2D eigenvalue weighted by atomic mass is 35.5. The number of aryl methyl sites for hydroxylation is 1. The summed E-state index contributed by atoms with van der Waals surface area (Å²) in [6.45, 7) is 2.04. The fourth-order valence-electron chi connectivity index (χ4n) is 1.35. The lowest BCUT2D eigenvalue weighted by Crippen LogP contribution is -1.99. The number of hydrogen-bond acceptors (Lipinski definition) is 4. The van der Waals surface area contributed by atoms with Gasteiger partial charge >= 0.3 is 0 Å². The second-order valence-electron chi connectivity index (χ2n) is 3.38. The number of rotatable bonds is 4. The zero-order valence-electron chi connectivity index (χ0n) is 9.25. The van der Waals surface area contributed by atoms with Gasteiger partial charge in [-0.05, 0) is 35.0 Å². The summed E-state index contributed by atoms with van der Waals surface area (Å²) < 4.78 is 1.72. The molecule has 2 rings (SSSR count). The molecule has 4 nitrogen and oxygen atoms in total. The predicted molar refractivity (Wildman–Crippen MR) is 69.6 cm³/mol. The fourth-order valence-corrected chi connectivity index (χ4v) is 2.24. The number of nitrogens with zero attached hydrogens (tertiary/aromatic N) is 4. The summed E-state index contributed by atoms with van der Waals surface area (Å²) in [6, 6.07) is 8.04. The Labute approximate surface area is 109 Å². The average Bonchev–Trinajstić information content (AvgIpc) is 2.78. The molecule has 1 aromatic heterocycles. The van der Waals surface area contributed by atoms with Gasteiger partial charge in [-0.15, -0.1) is 5.10 Å². The highest BCUT2D eigenvalue weighted by Gasteiger charge is 2.07. The molecule has 0 radical (unpaired) electrons. The molecule has 0 saturated heterocycles. The van der Waals surface area contributed by atoms with Crippen molar-refractivity contribution in [1.82, 2.24) is 20.2 Å². The molecule has 0 saturated carbocycles. The Morgan fingerprint density at radius 3 is 3.12 bits per heavy atom. The van der Waals surface area contributed by atoms with Crippen LogP contribution in [0, 0.1) is 6.92 Å². The Kier molecular flexibility index (Phi) is 4.17. The number of halogens is 1. The van der Waals surface area contributed by atoms with Crippen LogP contribution < -0.4 is 0 Å². The maximum absolute atomic E-state index is 5.47. The van der Waals surface area contributed by atoms with Gasteiger partial charge in [-0.2, -0.15) is 4.68 Å². The van der Waals surface area contributed by atoms with Crippen LogP contribution in [-0.2, 0) is 0 Å². The van der Waals surface area contributed by atoms with Gasteiger partial charge in [0.05, 0.1) is 5.69 Å². The first-order chi connectivity index (χ1) is 8.31. The van der Waals surface area contributed by atoms with Crippen molar-refractivity contribution >= 4 is 23.4 Å². The summed E-state index contributed by atoms with van der Waals surface area (Å²) in [7, 11) is 0. The van der Waals surface area contributed by atoms with Crippen LogP contribution in [0.4, 0.5) is 0 Å². The molecule has 0 unspecified atom stereocenters. The van der Waals surface area contributed by atoms with E-state index in [9.17, 15) is 0 Å². The van der Waals surface area contributed by atoms with E-state index in [2.05, 4.69) is 15.5 Å². The molecule has 0 fully saturated rings. The normalized spacial score (nSPS) is 11.2. The lowest BCUT2D eigenvalue weighted by Gasteiger charge is -2.03. The maximum atomic E-state index is 5.47. The van der Waals surface area contributed by atoms with Crippen molar-refractivity contribution in [2.45, 2.75) is 12.1 Å². The van der Waals surface area contributed by atoms with Gasteiger partial charge in [0.2, 0.25) is 5.16 Å². The molecular weight excluding hydrogens is 256 g/mol. The molecule has 1 aromatic carbocycles. The van der Waals surface area contributed by atoms with Crippen LogP contribution in [0.15, 0.2) is 41.0 Å². The first kappa shape index (κ1) is 12.1. The number of hydrogen-bond donors (Lipinski definition) is 0. The number of benzene rings is 1. The first-order valence-corrected chi connectivity index (χ1v) is 6.47. The summed E-state index contributed by atoms with van der Waals surface area (Å²) >= 11 is 7.00. The first-order valence-electron chi connectivity index (χ1n) is 5.04. The van der Waals surface area contributed by atoms with Crippen LogP contribution in [0.3, 0.4) is 0 Å². The van der Waals surface area contributed by atoms with Gasteiger partial charge in [0, 0.05) is 11.3 Å². The van der Waals surface area contributed by atoms with E-state index in [1.54, 1.807) is 4.68 Å².